The molecule has 8 nitrogen and oxygen atoms in total. The Labute approximate surface area is 242 Å². The Kier molecular flexibility index (Phi) is 9.04. The topological polar surface area (TPSA) is 80.6 Å². The Morgan fingerprint density at radius 1 is 1.02 bits per heavy atom. The van der Waals surface area contributed by atoms with Gasteiger partial charge in [0.2, 0.25) is 0 Å². The number of ether oxygens (including phenoxy) is 1. The molecular weight excluding hydrogens is 546 g/mol. The van der Waals surface area contributed by atoms with Crippen molar-refractivity contribution in [1.82, 2.24) is 19.4 Å². The molecule has 0 bridgehead atoms. The first-order valence-corrected chi connectivity index (χ1v) is 14.8. The van der Waals surface area contributed by atoms with Crippen LogP contribution in [0.1, 0.15) is 29.4 Å². The van der Waals surface area contributed by atoms with Crippen LogP contribution in [0.4, 0.5) is 5.69 Å². The Morgan fingerprint density at radius 3 is 2.48 bits per heavy atom. The number of thioether (sulfide) groups is 1. The van der Waals surface area contributed by atoms with Crippen LogP contribution < -0.4 is 10.5 Å². The quantitative estimate of drug-likeness (QED) is 0.116. The maximum Gasteiger partial charge on any atom is 0.339 e. The van der Waals surface area contributed by atoms with Gasteiger partial charge >= 0.3 is 5.97 Å². The highest BCUT2D eigenvalue weighted by Crippen LogP contribution is 2.27. The van der Waals surface area contributed by atoms with E-state index in [9.17, 15) is 9.59 Å². The van der Waals surface area contributed by atoms with Crippen LogP contribution >= 0.6 is 23.4 Å². The summed E-state index contributed by atoms with van der Waals surface area (Å²) in [6.45, 7) is 8.50. The lowest BCUT2D eigenvalue weighted by molar-refractivity contribution is 0.0528. The van der Waals surface area contributed by atoms with Gasteiger partial charge in [0.05, 0.1) is 34.0 Å². The van der Waals surface area contributed by atoms with E-state index in [2.05, 4.69) is 20.9 Å². The van der Waals surface area contributed by atoms with Crippen molar-refractivity contribution in [2.24, 2.45) is 0 Å². The Hall–Kier alpha value is -3.40. The minimum atomic E-state index is -0.549. The van der Waals surface area contributed by atoms with Gasteiger partial charge in [0, 0.05) is 37.6 Å². The van der Waals surface area contributed by atoms with E-state index in [1.165, 1.54) is 11.8 Å². The van der Waals surface area contributed by atoms with E-state index < -0.39 is 5.97 Å². The third kappa shape index (κ3) is 6.16. The largest absolute Gasteiger partial charge is 0.462 e. The van der Waals surface area contributed by atoms with E-state index in [4.69, 9.17) is 21.3 Å². The Bertz CT molecular complexity index is 1550. The summed E-state index contributed by atoms with van der Waals surface area (Å²) in [4.78, 5) is 40.7. The minimum Gasteiger partial charge on any atom is -0.462 e. The van der Waals surface area contributed by atoms with Crippen molar-refractivity contribution in [3.05, 3.63) is 87.3 Å². The number of hydrogen-bond acceptors (Lipinski definition) is 8. The fraction of sp³-hybridized carbons (Fsp3) is 0.333. The molecule has 1 aliphatic rings. The molecular formula is C30H32ClN5O3S. The van der Waals surface area contributed by atoms with E-state index in [1.54, 1.807) is 24.5 Å². The molecule has 40 heavy (non-hydrogen) atoms. The molecule has 1 saturated heterocycles. The second kappa shape index (κ2) is 12.8. The summed E-state index contributed by atoms with van der Waals surface area (Å²) in [5, 5.41) is 1.52. The van der Waals surface area contributed by atoms with Crippen molar-refractivity contribution < 1.29 is 9.53 Å². The predicted octanol–water partition coefficient (Wildman–Crippen LogP) is 5.22. The highest BCUT2D eigenvalue weighted by Gasteiger charge is 2.22. The third-order valence-electron chi connectivity index (χ3n) is 6.86. The maximum absolute atomic E-state index is 13.9. The van der Waals surface area contributed by atoms with E-state index in [0.717, 1.165) is 55.6 Å². The van der Waals surface area contributed by atoms with Crippen molar-refractivity contribution in [2.45, 2.75) is 25.4 Å². The summed E-state index contributed by atoms with van der Waals surface area (Å²) in [6, 6.07) is 19.0. The third-order valence-corrected chi connectivity index (χ3v) is 8.21. The predicted molar refractivity (Wildman–Crippen MR) is 161 cm³/mol. The molecule has 0 spiro atoms. The number of benzene rings is 2. The fourth-order valence-corrected chi connectivity index (χ4v) is 6.11. The van der Waals surface area contributed by atoms with Gasteiger partial charge in [-0.05, 0) is 57.1 Å². The van der Waals surface area contributed by atoms with Gasteiger partial charge in [0.1, 0.15) is 0 Å². The van der Waals surface area contributed by atoms with Crippen molar-refractivity contribution in [3.8, 4) is 5.69 Å². The van der Waals surface area contributed by atoms with Crippen LogP contribution in [-0.4, -0.2) is 70.5 Å². The van der Waals surface area contributed by atoms with Crippen LogP contribution in [0.15, 0.2) is 70.6 Å². The van der Waals surface area contributed by atoms with Crippen LogP contribution in [0.25, 0.3) is 16.7 Å². The van der Waals surface area contributed by atoms with Crippen LogP contribution in [0.3, 0.4) is 0 Å². The summed E-state index contributed by atoms with van der Waals surface area (Å²) in [6.07, 6.45) is 0.939. The first-order valence-electron chi connectivity index (χ1n) is 13.5. The van der Waals surface area contributed by atoms with Crippen LogP contribution in [0.5, 0.6) is 0 Å². The van der Waals surface area contributed by atoms with Crippen molar-refractivity contribution in [3.63, 3.8) is 0 Å². The number of anilines is 1. The monoisotopic (exact) mass is 577 g/mol. The second-order valence-electron chi connectivity index (χ2n) is 9.58. The lowest BCUT2D eigenvalue weighted by Crippen LogP contribution is -2.46. The Balaban J connectivity index is 1.32. The number of pyridine rings is 1. The van der Waals surface area contributed by atoms with E-state index in [1.807, 2.05) is 48.5 Å². The zero-order valence-electron chi connectivity index (χ0n) is 22.7. The average Bonchev–Trinajstić information content (AvgIpc) is 2.96. The molecule has 10 heteroatoms. The molecule has 0 aliphatic carbocycles. The fourth-order valence-electron chi connectivity index (χ4n) is 4.93. The molecule has 5 rings (SSSR count). The standard InChI is InChI=1S/C30H32ClN5O3S/c1-3-39-29(38)23-20-21(2)32-27-26(23)28(37)36(22-10-5-4-6-11-22)30(33-27)40-19-9-14-34-15-17-35(18-16-34)25-13-8-7-12-24(25)31/h4-8,10-13,20H,3,9,14-19H2,1-2H3. The van der Waals surface area contributed by atoms with Gasteiger partial charge in [-0.1, -0.05) is 53.7 Å². The number of hydrogen-bond donors (Lipinski definition) is 0. The van der Waals surface area contributed by atoms with Crippen molar-refractivity contribution in [2.75, 3.05) is 50.0 Å². The van der Waals surface area contributed by atoms with Gasteiger partial charge in [0.15, 0.2) is 10.8 Å². The molecule has 0 saturated carbocycles. The lowest BCUT2D eigenvalue weighted by Gasteiger charge is -2.36. The number of esters is 1. The normalized spacial score (nSPS) is 14.0. The smallest absolute Gasteiger partial charge is 0.339 e. The lowest BCUT2D eigenvalue weighted by atomic mass is 10.1. The van der Waals surface area contributed by atoms with Gasteiger partial charge in [-0.25, -0.2) is 14.8 Å². The maximum atomic E-state index is 13.9. The molecule has 2 aromatic heterocycles. The number of carbonyl (C=O) groups is 1. The molecule has 208 valence electrons. The number of piperazine rings is 1. The summed E-state index contributed by atoms with van der Waals surface area (Å²) in [5.41, 5.74) is 2.51. The number of carbonyl (C=O) groups excluding carboxylic acids is 1. The molecule has 3 heterocycles. The molecule has 1 fully saturated rings. The SMILES string of the molecule is CCOC(=O)c1cc(C)nc2nc(SCCCN3CCN(c4ccccc4Cl)CC3)n(-c3ccccc3)c(=O)c12. The summed E-state index contributed by atoms with van der Waals surface area (Å²) >= 11 is 7.92. The van der Waals surface area contributed by atoms with Gasteiger partial charge in [-0.3, -0.25) is 14.3 Å². The zero-order valence-corrected chi connectivity index (χ0v) is 24.2. The number of para-hydroxylation sites is 2. The first kappa shape index (κ1) is 28.1. The highest BCUT2D eigenvalue weighted by atomic mass is 35.5. The van der Waals surface area contributed by atoms with Crippen LogP contribution in [-0.2, 0) is 4.74 Å². The summed E-state index contributed by atoms with van der Waals surface area (Å²) < 4.78 is 6.81. The minimum absolute atomic E-state index is 0.175. The highest BCUT2D eigenvalue weighted by molar-refractivity contribution is 7.99. The van der Waals surface area contributed by atoms with Crippen LogP contribution in [0.2, 0.25) is 5.02 Å². The van der Waals surface area contributed by atoms with Gasteiger partial charge in [0.25, 0.3) is 5.56 Å². The summed E-state index contributed by atoms with van der Waals surface area (Å²) in [5.74, 6) is 0.234. The number of aryl methyl sites for hydroxylation is 1. The van der Waals surface area contributed by atoms with Gasteiger partial charge < -0.3 is 9.64 Å². The number of fused-ring (bicyclic) bond motifs is 1. The van der Waals surface area contributed by atoms with E-state index in [-0.39, 0.29) is 28.8 Å². The number of aromatic nitrogens is 3. The van der Waals surface area contributed by atoms with Crippen molar-refractivity contribution >= 4 is 46.1 Å². The molecule has 4 aromatic rings. The Morgan fingerprint density at radius 2 is 1.75 bits per heavy atom. The molecule has 1 aliphatic heterocycles. The van der Waals surface area contributed by atoms with Gasteiger partial charge in [-0.2, -0.15) is 0 Å². The molecule has 2 aromatic carbocycles. The first-order chi connectivity index (χ1) is 19.5. The molecule has 0 N–H and O–H groups in total. The molecule has 0 atom stereocenters. The average molecular weight is 578 g/mol. The molecule has 0 radical (unpaired) electrons. The molecule has 0 unspecified atom stereocenters. The summed E-state index contributed by atoms with van der Waals surface area (Å²) in [7, 11) is 0. The second-order valence-corrected chi connectivity index (χ2v) is 11.1. The van der Waals surface area contributed by atoms with Gasteiger partial charge in [-0.15, -0.1) is 0 Å². The van der Waals surface area contributed by atoms with E-state index >= 15 is 0 Å². The van der Waals surface area contributed by atoms with Crippen LogP contribution in [0, 0.1) is 6.92 Å². The van der Waals surface area contributed by atoms with Crippen molar-refractivity contribution in [1.29, 1.82) is 0 Å². The number of nitrogens with zero attached hydrogens (tertiary/aromatic N) is 5. The number of halogens is 1. The molecule has 0 amide bonds. The zero-order chi connectivity index (χ0) is 28.1. The number of rotatable bonds is 9. The van der Waals surface area contributed by atoms with E-state index in [0.29, 0.717) is 16.5 Å².